The van der Waals surface area contributed by atoms with Crippen LogP contribution in [0.25, 0.3) is 0 Å². The Morgan fingerprint density at radius 3 is 2.07 bits per heavy atom. The van der Waals surface area contributed by atoms with Gasteiger partial charge in [0, 0.05) is 11.4 Å². The van der Waals surface area contributed by atoms with Crippen LogP contribution in [0.2, 0.25) is 0 Å². The Morgan fingerprint density at radius 1 is 1.29 bits per heavy atom. The predicted molar refractivity (Wildman–Crippen MR) is 65.6 cm³/mol. The predicted octanol–water partition coefficient (Wildman–Crippen LogP) is 2.52. The average molecular weight is 244 g/mol. The second kappa shape index (κ2) is 8.78. The fraction of sp³-hybridized carbons (Fsp3) is 1.00. The van der Waals surface area contributed by atoms with Crippen LogP contribution in [0.1, 0.15) is 33.1 Å². The molecule has 0 rings (SSSR count). The quantitative estimate of drug-likeness (QED) is 0.726. The van der Waals surface area contributed by atoms with Gasteiger partial charge in [0.05, 0.1) is 6.10 Å². The summed E-state index contributed by atoms with van der Waals surface area (Å²) >= 11 is 6.08. The molecule has 0 heterocycles. The Balaban J connectivity index is 0. The highest BCUT2D eigenvalue weighted by Gasteiger charge is 2.17. The van der Waals surface area contributed by atoms with Crippen LogP contribution in [-0.2, 0) is 0 Å². The smallest absolute Gasteiger partial charge is 0.0527 e. The molecule has 0 aromatic carbocycles. The van der Waals surface area contributed by atoms with E-state index in [4.69, 9.17) is 11.6 Å². The van der Waals surface area contributed by atoms with Crippen molar-refractivity contribution in [2.24, 2.45) is 0 Å². The average Bonchev–Trinajstić information content (AvgIpc) is 2.02. The van der Waals surface area contributed by atoms with E-state index in [1.807, 2.05) is 21.0 Å². The number of hydrogen-bond acceptors (Lipinski definition) is 2. The lowest BCUT2D eigenvalue weighted by molar-refractivity contribution is 0.133. The van der Waals surface area contributed by atoms with Gasteiger partial charge in [-0.25, -0.2) is 0 Å². The Hall–Kier alpha value is 0.500. The lowest BCUT2D eigenvalue weighted by atomic mass is 10.0. The van der Waals surface area contributed by atoms with Crippen molar-refractivity contribution in [3.8, 4) is 0 Å². The summed E-state index contributed by atoms with van der Waals surface area (Å²) in [7, 11) is 4.07. The normalized spacial score (nSPS) is 17.4. The van der Waals surface area contributed by atoms with E-state index in [-0.39, 0.29) is 23.9 Å². The van der Waals surface area contributed by atoms with Gasteiger partial charge in [-0.15, -0.1) is 24.0 Å². The van der Waals surface area contributed by atoms with Crippen LogP contribution in [0.5, 0.6) is 0 Å². The van der Waals surface area contributed by atoms with Crippen molar-refractivity contribution in [1.82, 2.24) is 4.90 Å². The second-order valence-electron chi connectivity index (χ2n) is 3.94. The highest BCUT2D eigenvalue weighted by Crippen LogP contribution is 2.16. The van der Waals surface area contributed by atoms with Crippen LogP contribution >= 0.6 is 24.0 Å². The molecule has 2 nitrogen and oxygen atoms in total. The zero-order valence-electron chi connectivity index (χ0n) is 9.53. The van der Waals surface area contributed by atoms with Crippen LogP contribution in [0.15, 0.2) is 0 Å². The maximum absolute atomic E-state index is 9.29. The van der Waals surface area contributed by atoms with E-state index in [0.717, 1.165) is 19.3 Å². The van der Waals surface area contributed by atoms with Crippen LogP contribution in [-0.4, -0.2) is 41.6 Å². The molecule has 0 aliphatic carbocycles. The Bertz CT molecular complexity index is 131. The summed E-state index contributed by atoms with van der Waals surface area (Å²) < 4.78 is 0. The Kier molecular flexibility index (Phi) is 10.6. The molecule has 3 atom stereocenters. The number of nitrogens with zero attached hydrogens (tertiary/aromatic N) is 1. The number of hydrogen-bond donors (Lipinski definition) is 1. The van der Waals surface area contributed by atoms with E-state index in [1.54, 1.807) is 0 Å². The van der Waals surface area contributed by atoms with Crippen molar-refractivity contribution in [1.29, 1.82) is 0 Å². The molecule has 0 aromatic heterocycles. The standard InChI is InChI=1S/C10H22ClNO.ClH/c1-5-9(11)7-10(12(3)4)6-8(2)13;/h8-10,13H,5-7H2,1-4H3;1H. The molecule has 0 amide bonds. The van der Waals surface area contributed by atoms with E-state index >= 15 is 0 Å². The molecule has 0 bridgehead atoms. The van der Waals surface area contributed by atoms with Gasteiger partial charge in [-0.2, -0.15) is 0 Å². The molecule has 0 spiro atoms. The third kappa shape index (κ3) is 7.86. The Morgan fingerprint density at radius 2 is 1.79 bits per heavy atom. The molecule has 0 radical (unpaired) electrons. The van der Waals surface area contributed by atoms with E-state index in [0.29, 0.717) is 6.04 Å². The minimum Gasteiger partial charge on any atom is -0.393 e. The molecule has 14 heavy (non-hydrogen) atoms. The summed E-state index contributed by atoms with van der Waals surface area (Å²) in [5.41, 5.74) is 0. The van der Waals surface area contributed by atoms with Gasteiger partial charge in [0.1, 0.15) is 0 Å². The second-order valence-corrected chi connectivity index (χ2v) is 4.56. The molecule has 0 aliphatic rings. The van der Waals surface area contributed by atoms with Crippen LogP contribution in [0.4, 0.5) is 0 Å². The molecule has 0 fully saturated rings. The number of halogens is 2. The first-order valence-electron chi connectivity index (χ1n) is 4.95. The van der Waals surface area contributed by atoms with Gasteiger partial charge >= 0.3 is 0 Å². The number of aliphatic hydroxyl groups is 1. The number of rotatable bonds is 6. The van der Waals surface area contributed by atoms with Crippen molar-refractivity contribution in [3.63, 3.8) is 0 Å². The van der Waals surface area contributed by atoms with Gasteiger partial charge in [-0.3, -0.25) is 0 Å². The molecule has 0 aromatic rings. The SMILES string of the molecule is CCC(Cl)CC(CC(C)O)N(C)C.Cl. The number of aliphatic hydroxyl groups excluding tert-OH is 1. The molecule has 88 valence electrons. The van der Waals surface area contributed by atoms with E-state index in [2.05, 4.69) is 11.8 Å². The molecule has 1 N–H and O–H groups in total. The first-order valence-corrected chi connectivity index (χ1v) is 5.39. The monoisotopic (exact) mass is 243 g/mol. The molecule has 0 saturated heterocycles. The van der Waals surface area contributed by atoms with Crippen molar-refractivity contribution in [3.05, 3.63) is 0 Å². The van der Waals surface area contributed by atoms with E-state index < -0.39 is 0 Å². The van der Waals surface area contributed by atoms with Gasteiger partial charge in [-0.05, 0) is 40.3 Å². The minimum atomic E-state index is -0.242. The van der Waals surface area contributed by atoms with Crippen molar-refractivity contribution in [2.75, 3.05) is 14.1 Å². The molecule has 0 saturated carbocycles. The Labute approximate surface area is 99.0 Å². The molecular weight excluding hydrogens is 221 g/mol. The summed E-state index contributed by atoms with van der Waals surface area (Å²) in [5.74, 6) is 0. The fourth-order valence-electron chi connectivity index (χ4n) is 1.37. The largest absolute Gasteiger partial charge is 0.393 e. The summed E-state index contributed by atoms with van der Waals surface area (Å²) in [6.45, 7) is 3.92. The molecular formula is C10H23Cl2NO. The highest BCUT2D eigenvalue weighted by atomic mass is 35.5. The minimum absolute atomic E-state index is 0. The van der Waals surface area contributed by atoms with Crippen molar-refractivity contribution < 1.29 is 5.11 Å². The maximum atomic E-state index is 9.29. The zero-order valence-corrected chi connectivity index (χ0v) is 11.1. The molecule has 0 aliphatic heterocycles. The number of alkyl halides is 1. The first-order chi connectivity index (χ1) is 5.97. The van der Waals surface area contributed by atoms with Gasteiger partial charge < -0.3 is 10.0 Å². The molecule has 4 heteroatoms. The van der Waals surface area contributed by atoms with Gasteiger partial charge in [0.2, 0.25) is 0 Å². The summed E-state index contributed by atoms with van der Waals surface area (Å²) in [5, 5.41) is 9.52. The van der Waals surface area contributed by atoms with Gasteiger partial charge in [-0.1, -0.05) is 6.92 Å². The summed E-state index contributed by atoms with van der Waals surface area (Å²) in [4.78, 5) is 2.14. The van der Waals surface area contributed by atoms with E-state index in [9.17, 15) is 5.11 Å². The van der Waals surface area contributed by atoms with Crippen LogP contribution in [0.3, 0.4) is 0 Å². The van der Waals surface area contributed by atoms with Gasteiger partial charge in [0.15, 0.2) is 0 Å². The van der Waals surface area contributed by atoms with Crippen LogP contribution in [0, 0.1) is 0 Å². The highest BCUT2D eigenvalue weighted by molar-refractivity contribution is 6.20. The third-order valence-electron chi connectivity index (χ3n) is 2.31. The zero-order chi connectivity index (χ0) is 10.4. The summed E-state index contributed by atoms with van der Waals surface area (Å²) in [6.07, 6.45) is 2.51. The fourth-order valence-corrected chi connectivity index (χ4v) is 1.58. The lowest BCUT2D eigenvalue weighted by Gasteiger charge is -2.27. The molecule has 3 unspecified atom stereocenters. The maximum Gasteiger partial charge on any atom is 0.0527 e. The lowest BCUT2D eigenvalue weighted by Crippen LogP contribution is -2.33. The van der Waals surface area contributed by atoms with Crippen LogP contribution < -0.4 is 0 Å². The van der Waals surface area contributed by atoms with Crippen molar-refractivity contribution >= 4 is 24.0 Å². The van der Waals surface area contributed by atoms with Crippen molar-refractivity contribution in [2.45, 2.75) is 50.6 Å². The third-order valence-corrected chi connectivity index (χ3v) is 2.80. The van der Waals surface area contributed by atoms with E-state index in [1.165, 1.54) is 0 Å². The first kappa shape index (κ1) is 16.9. The summed E-state index contributed by atoms with van der Waals surface area (Å²) in [6, 6.07) is 0.391. The topological polar surface area (TPSA) is 23.5 Å². The van der Waals surface area contributed by atoms with Gasteiger partial charge in [0.25, 0.3) is 0 Å².